The van der Waals surface area contributed by atoms with Crippen molar-refractivity contribution in [2.75, 3.05) is 13.2 Å². The lowest BCUT2D eigenvalue weighted by Crippen LogP contribution is -2.34. The van der Waals surface area contributed by atoms with Crippen molar-refractivity contribution in [3.63, 3.8) is 0 Å². The molecule has 0 aliphatic heterocycles. The van der Waals surface area contributed by atoms with E-state index in [-0.39, 0.29) is 0 Å². The van der Waals surface area contributed by atoms with E-state index in [9.17, 15) is 5.11 Å². The van der Waals surface area contributed by atoms with Gasteiger partial charge in [0.25, 0.3) is 0 Å². The molecule has 0 saturated heterocycles. The number of aliphatic hydroxyl groups is 1. The van der Waals surface area contributed by atoms with Gasteiger partial charge in [-0.2, -0.15) is 0 Å². The van der Waals surface area contributed by atoms with Crippen molar-refractivity contribution in [1.82, 2.24) is 0 Å². The third kappa shape index (κ3) is 2.61. The molecule has 1 aliphatic carbocycles. The highest BCUT2D eigenvalue weighted by molar-refractivity contribution is 5.07. The fourth-order valence-electron chi connectivity index (χ4n) is 1.40. The van der Waals surface area contributed by atoms with Crippen molar-refractivity contribution < 1.29 is 9.84 Å². The van der Waals surface area contributed by atoms with E-state index in [0.717, 1.165) is 12.8 Å². The lowest BCUT2D eigenvalue weighted by atomic mass is 9.87. The van der Waals surface area contributed by atoms with Gasteiger partial charge in [0.1, 0.15) is 5.60 Å². The Kier molecular flexibility index (Phi) is 3.29. The molecule has 2 nitrogen and oxygen atoms in total. The predicted octanol–water partition coefficient (Wildman–Crippen LogP) is 1.74. The molecule has 0 saturated carbocycles. The van der Waals surface area contributed by atoms with E-state index in [1.807, 2.05) is 13.0 Å². The Hall–Kier alpha value is -0.340. The number of allylic oxidation sites excluding steroid dienone is 1. The van der Waals surface area contributed by atoms with Crippen LogP contribution in [0.4, 0.5) is 0 Å². The summed E-state index contributed by atoms with van der Waals surface area (Å²) in [5.74, 6) is 0.604. The van der Waals surface area contributed by atoms with Crippen LogP contribution in [0.25, 0.3) is 0 Å². The van der Waals surface area contributed by atoms with Gasteiger partial charge in [0, 0.05) is 6.61 Å². The summed E-state index contributed by atoms with van der Waals surface area (Å²) in [4.78, 5) is 0. The Balaban J connectivity index is 2.43. The quantitative estimate of drug-likeness (QED) is 0.654. The maximum Gasteiger partial charge on any atom is 0.106 e. The molecule has 0 aromatic heterocycles. The van der Waals surface area contributed by atoms with E-state index in [2.05, 4.69) is 13.0 Å². The molecule has 0 spiro atoms. The molecule has 0 bridgehead atoms. The Labute approximate surface area is 74.2 Å². The number of hydrogen-bond donors (Lipinski definition) is 1. The summed E-state index contributed by atoms with van der Waals surface area (Å²) in [7, 11) is 0. The van der Waals surface area contributed by atoms with Gasteiger partial charge in [0.05, 0.1) is 6.61 Å². The van der Waals surface area contributed by atoms with E-state index in [4.69, 9.17) is 4.74 Å². The van der Waals surface area contributed by atoms with Gasteiger partial charge in [-0.15, -0.1) is 0 Å². The van der Waals surface area contributed by atoms with Gasteiger partial charge in [0.15, 0.2) is 0 Å². The van der Waals surface area contributed by atoms with Gasteiger partial charge in [-0.05, 0) is 25.7 Å². The average molecular weight is 170 g/mol. The first-order valence-electron chi connectivity index (χ1n) is 4.66. The van der Waals surface area contributed by atoms with Crippen LogP contribution in [0.3, 0.4) is 0 Å². The summed E-state index contributed by atoms with van der Waals surface area (Å²) in [6.07, 6.45) is 5.84. The lowest BCUT2D eigenvalue weighted by Gasteiger charge is -2.29. The average Bonchev–Trinajstić information content (AvgIpc) is 2.08. The predicted molar refractivity (Wildman–Crippen MR) is 49.0 cm³/mol. The SMILES string of the molecule is CCOCC1(O)C=CC(C)CC1. The number of ether oxygens (including phenoxy) is 1. The highest BCUT2D eigenvalue weighted by Crippen LogP contribution is 2.25. The van der Waals surface area contributed by atoms with Crippen LogP contribution in [0, 0.1) is 5.92 Å². The topological polar surface area (TPSA) is 29.5 Å². The molecule has 1 N–H and O–H groups in total. The number of rotatable bonds is 3. The first-order chi connectivity index (χ1) is 5.66. The molecule has 0 radical (unpaired) electrons. The maximum atomic E-state index is 9.91. The molecule has 12 heavy (non-hydrogen) atoms. The van der Waals surface area contributed by atoms with Crippen LogP contribution in [0.5, 0.6) is 0 Å². The molecule has 2 unspecified atom stereocenters. The van der Waals surface area contributed by atoms with Crippen LogP contribution in [0.2, 0.25) is 0 Å². The second kappa shape index (κ2) is 4.06. The van der Waals surface area contributed by atoms with Crippen molar-refractivity contribution in [3.8, 4) is 0 Å². The largest absolute Gasteiger partial charge is 0.383 e. The van der Waals surface area contributed by atoms with E-state index < -0.39 is 5.60 Å². The molecule has 0 fully saturated rings. The summed E-state index contributed by atoms with van der Waals surface area (Å²) < 4.78 is 5.21. The van der Waals surface area contributed by atoms with Gasteiger partial charge in [-0.1, -0.05) is 19.1 Å². The molecule has 1 aliphatic rings. The van der Waals surface area contributed by atoms with Crippen LogP contribution < -0.4 is 0 Å². The fraction of sp³-hybridized carbons (Fsp3) is 0.800. The minimum atomic E-state index is -0.692. The Morgan fingerprint density at radius 2 is 2.42 bits per heavy atom. The first-order valence-corrected chi connectivity index (χ1v) is 4.66. The highest BCUT2D eigenvalue weighted by atomic mass is 16.5. The van der Waals surface area contributed by atoms with Gasteiger partial charge in [-0.25, -0.2) is 0 Å². The molecular formula is C10H18O2. The van der Waals surface area contributed by atoms with E-state index >= 15 is 0 Å². The third-order valence-corrected chi connectivity index (χ3v) is 2.32. The molecule has 0 aromatic rings. The second-order valence-electron chi connectivity index (χ2n) is 3.62. The van der Waals surface area contributed by atoms with E-state index in [0.29, 0.717) is 19.1 Å². The molecule has 0 amide bonds. The zero-order valence-corrected chi connectivity index (χ0v) is 7.92. The minimum Gasteiger partial charge on any atom is -0.383 e. The second-order valence-corrected chi connectivity index (χ2v) is 3.62. The van der Waals surface area contributed by atoms with Gasteiger partial charge < -0.3 is 9.84 Å². The zero-order chi connectivity index (χ0) is 9.03. The number of hydrogen-bond acceptors (Lipinski definition) is 2. The smallest absolute Gasteiger partial charge is 0.106 e. The molecule has 2 heteroatoms. The molecule has 0 aromatic carbocycles. The van der Waals surface area contributed by atoms with Crippen molar-refractivity contribution >= 4 is 0 Å². The highest BCUT2D eigenvalue weighted by Gasteiger charge is 2.27. The van der Waals surface area contributed by atoms with Crippen LogP contribution in [0.1, 0.15) is 26.7 Å². The van der Waals surface area contributed by atoms with Gasteiger partial charge >= 0.3 is 0 Å². The van der Waals surface area contributed by atoms with Crippen molar-refractivity contribution in [2.45, 2.75) is 32.3 Å². The summed E-state index contributed by atoms with van der Waals surface area (Å²) >= 11 is 0. The standard InChI is InChI=1S/C10H18O2/c1-3-12-8-10(11)6-4-9(2)5-7-10/h4,6,9,11H,3,5,7-8H2,1-2H3. The van der Waals surface area contributed by atoms with Crippen molar-refractivity contribution in [1.29, 1.82) is 0 Å². The minimum absolute atomic E-state index is 0.437. The molecular weight excluding hydrogens is 152 g/mol. The van der Waals surface area contributed by atoms with Gasteiger partial charge in [0.2, 0.25) is 0 Å². The molecule has 2 atom stereocenters. The Morgan fingerprint density at radius 1 is 1.67 bits per heavy atom. The van der Waals surface area contributed by atoms with E-state index in [1.165, 1.54) is 0 Å². The maximum absolute atomic E-state index is 9.91. The van der Waals surface area contributed by atoms with Crippen LogP contribution in [0.15, 0.2) is 12.2 Å². The van der Waals surface area contributed by atoms with Crippen LogP contribution in [-0.4, -0.2) is 23.9 Å². The monoisotopic (exact) mass is 170 g/mol. The molecule has 0 heterocycles. The molecule has 1 rings (SSSR count). The lowest BCUT2D eigenvalue weighted by molar-refractivity contribution is -0.0208. The summed E-state index contributed by atoms with van der Waals surface area (Å²) in [5.41, 5.74) is -0.692. The zero-order valence-electron chi connectivity index (χ0n) is 7.92. The fourth-order valence-corrected chi connectivity index (χ4v) is 1.40. The van der Waals surface area contributed by atoms with Crippen molar-refractivity contribution in [3.05, 3.63) is 12.2 Å². The van der Waals surface area contributed by atoms with E-state index in [1.54, 1.807) is 0 Å². The van der Waals surface area contributed by atoms with Crippen molar-refractivity contribution in [2.24, 2.45) is 5.92 Å². The normalized spacial score (nSPS) is 35.4. The summed E-state index contributed by atoms with van der Waals surface area (Å²) in [5, 5.41) is 9.91. The first kappa shape index (κ1) is 9.75. The summed E-state index contributed by atoms with van der Waals surface area (Å²) in [6.45, 7) is 5.22. The van der Waals surface area contributed by atoms with Crippen LogP contribution >= 0.6 is 0 Å². The summed E-state index contributed by atoms with van der Waals surface area (Å²) in [6, 6.07) is 0. The Bertz CT molecular complexity index is 165. The third-order valence-electron chi connectivity index (χ3n) is 2.32. The Morgan fingerprint density at radius 3 is 2.92 bits per heavy atom. The van der Waals surface area contributed by atoms with Gasteiger partial charge in [-0.3, -0.25) is 0 Å². The van der Waals surface area contributed by atoms with Crippen LogP contribution in [-0.2, 0) is 4.74 Å². The molecule has 70 valence electrons.